The minimum atomic E-state index is -0.284. The zero-order valence-electron chi connectivity index (χ0n) is 11.8. The summed E-state index contributed by atoms with van der Waals surface area (Å²) in [6.45, 7) is 2.57. The molecule has 0 atom stereocenters. The Balaban J connectivity index is 1.67. The van der Waals surface area contributed by atoms with Gasteiger partial charge in [0.2, 0.25) is 11.8 Å². The van der Waals surface area contributed by atoms with Crippen LogP contribution in [0.25, 0.3) is 0 Å². The van der Waals surface area contributed by atoms with Crippen LogP contribution in [0, 0.1) is 5.82 Å². The molecule has 21 heavy (non-hydrogen) atoms. The number of nitrogens with one attached hydrogen (secondary N) is 1. The third-order valence-electron chi connectivity index (χ3n) is 3.32. The summed E-state index contributed by atoms with van der Waals surface area (Å²) in [5.74, 6) is -0.731. The van der Waals surface area contributed by atoms with Gasteiger partial charge < -0.3 is 15.0 Å². The fourth-order valence-electron chi connectivity index (χ4n) is 2.12. The molecule has 0 unspecified atom stereocenters. The maximum atomic E-state index is 12.7. The lowest BCUT2D eigenvalue weighted by Gasteiger charge is -2.26. The Morgan fingerprint density at radius 2 is 1.86 bits per heavy atom. The molecule has 2 amide bonds. The minimum Gasteiger partial charge on any atom is -0.378 e. The number of nitrogens with zero attached hydrogens (tertiary/aromatic N) is 1. The summed E-state index contributed by atoms with van der Waals surface area (Å²) in [6, 6.07) is 6.14. The molecule has 6 heteroatoms. The molecule has 1 aliphatic rings. The summed E-state index contributed by atoms with van der Waals surface area (Å²) < 4.78 is 17.9. The van der Waals surface area contributed by atoms with Gasteiger partial charge >= 0.3 is 0 Å². The molecular weight excluding hydrogens is 275 g/mol. The van der Waals surface area contributed by atoms with Gasteiger partial charge in [-0.2, -0.15) is 0 Å². The quantitative estimate of drug-likeness (QED) is 0.815. The topological polar surface area (TPSA) is 58.6 Å². The molecule has 1 aromatic rings. The number of hydrogen-bond acceptors (Lipinski definition) is 3. The van der Waals surface area contributed by atoms with Crippen LogP contribution in [0.3, 0.4) is 0 Å². The highest BCUT2D eigenvalue weighted by Gasteiger charge is 2.19. The van der Waals surface area contributed by atoms with Crippen molar-refractivity contribution < 1.29 is 18.7 Å². The summed E-state index contributed by atoms with van der Waals surface area (Å²) in [4.78, 5) is 25.2. The monoisotopic (exact) mass is 294 g/mol. The van der Waals surface area contributed by atoms with Crippen molar-refractivity contribution in [1.82, 2.24) is 10.2 Å². The molecule has 0 radical (unpaired) electrons. The van der Waals surface area contributed by atoms with Crippen molar-refractivity contribution in [3.63, 3.8) is 0 Å². The highest BCUT2D eigenvalue weighted by Crippen LogP contribution is 2.03. The summed E-state index contributed by atoms with van der Waals surface area (Å²) in [7, 11) is 0. The highest BCUT2D eigenvalue weighted by atomic mass is 19.1. The summed E-state index contributed by atoms with van der Waals surface area (Å²) in [5, 5.41) is 2.70. The van der Waals surface area contributed by atoms with Gasteiger partial charge in [-0.25, -0.2) is 4.39 Å². The molecule has 0 aliphatic carbocycles. The molecule has 0 spiro atoms. The van der Waals surface area contributed by atoms with Crippen LogP contribution in [-0.4, -0.2) is 49.6 Å². The van der Waals surface area contributed by atoms with Gasteiger partial charge in [0.15, 0.2) is 0 Å². The van der Waals surface area contributed by atoms with Crippen LogP contribution in [0.1, 0.15) is 12.0 Å². The fraction of sp³-hybridized carbons (Fsp3) is 0.467. The van der Waals surface area contributed by atoms with Gasteiger partial charge in [-0.3, -0.25) is 9.59 Å². The van der Waals surface area contributed by atoms with Crippen LogP contribution in [0.4, 0.5) is 4.39 Å². The van der Waals surface area contributed by atoms with Crippen LogP contribution >= 0.6 is 0 Å². The van der Waals surface area contributed by atoms with Gasteiger partial charge in [0.25, 0.3) is 0 Å². The fourth-order valence-corrected chi connectivity index (χ4v) is 2.12. The largest absolute Gasteiger partial charge is 0.378 e. The van der Waals surface area contributed by atoms with Crippen LogP contribution in [0.2, 0.25) is 0 Å². The maximum Gasteiger partial charge on any atom is 0.232 e. The van der Waals surface area contributed by atoms with E-state index in [0.29, 0.717) is 39.3 Å². The first-order chi connectivity index (χ1) is 10.1. The number of morpholine rings is 1. The Hall–Kier alpha value is -1.95. The third-order valence-corrected chi connectivity index (χ3v) is 3.32. The molecule has 1 N–H and O–H groups in total. The molecule has 0 saturated carbocycles. The molecule has 0 bridgehead atoms. The Labute approximate surface area is 123 Å². The first-order valence-corrected chi connectivity index (χ1v) is 7.02. The first-order valence-electron chi connectivity index (χ1n) is 7.02. The van der Waals surface area contributed by atoms with Crippen LogP contribution < -0.4 is 5.32 Å². The minimum absolute atomic E-state index is 0.135. The molecule has 1 fully saturated rings. The Kier molecular flexibility index (Phi) is 5.68. The van der Waals surface area contributed by atoms with Crippen LogP contribution in [-0.2, 0) is 20.7 Å². The lowest BCUT2D eigenvalue weighted by Crippen LogP contribution is -2.42. The van der Waals surface area contributed by atoms with E-state index in [1.807, 2.05) is 0 Å². The highest BCUT2D eigenvalue weighted by molar-refractivity contribution is 5.96. The van der Waals surface area contributed by atoms with E-state index in [1.54, 1.807) is 17.0 Å². The lowest BCUT2D eigenvalue weighted by atomic mass is 10.1. The van der Waals surface area contributed by atoms with Gasteiger partial charge in [0.1, 0.15) is 12.2 Å². The van der Waals surface area contributed by atoms with Gasteiger partial charge in [-0.05, 0) is 24.1 Å². The van der Waals surface area contributed by atoms with Crippen molar-refractivity contribution in [2.24, 2.45) is 0 Å². The second kappa shape index (κ2) is 7.73. The molecule has 1 saturated heterocycles. The van der Waals surface area contributed by atoms with E-state index >= 15 is 0 Å². The van der Waals surface area contributed by atoms with Gasteiger partial charge in [0, 0.05) is 19.6 Å². The average Bonchev–Trinajstić information content (AvgIpc) is 2.50. The van der Waals surface area contributed by atoms with Crippen molar-refractivity contribution in [3.8, 4) is 0 Å². The number of carbonyl (C=O) groups excluding carboxylic acids is 2. The van der Waals surface area contributed by atoms with Gasteiger partial charge in [0.05, 0.1) is 13.2 Å². The Morgan fingerprint density at radius 3 is 2.52 bits per heavy atom. The SMILES string of the molecule is O=C(CC(=O)N1CCOCC1)NCCc1ccc(F)cc1. The number of hydrogen-bond donors (Lipinski definition) is 1. The summed E-state index contributed by atoms with van der Waals surface area (Å²) >= 11 is 0. The first kappa shape index (κ1) is 15.4. The second-order valence-electron chi connectivity index (χ2n) is 4.90. The molecule has 0 aromatic heterocycles. The number of ether oxygens (including phenoxy) is 1. The van der Waals surface area contributed by atoms with E-state index in [9.17, 15) is 14.0 Å². The number of carbonyl (C=O) groups is 2. The molecule has 1 heterocycles. The molecule has 2 rings (SSSR count). The molecule has 5 nitrogen and oxygen atoms in total. The number of rotatable bonds is 5. The maximum absolute atomic E-state index is 12.7. The third kappa shape index (κ3) is 5.15. The van der Waals surface area contributed by atoms with E-state index in [2.05, 4.69) is 5.32 Å². The smallest absolute Gasteiger partial charge is 0.232 e. The number of benzene rings is 1. The van der Waals surface area contributed by atoms with Crippen LogP contribution in [0.5, 0.6) is 0 Å². The van der Waals surface area contributed by atoms with E-state index in [1.165, 1.54) is 12.1 Å². The molecule has 1 aromatic carbocycles. The second-order valence-corrected chi connectivity index (χ2v) is 4.90. The normalized spacial score (nSPS) is 14.8. The molecule has 1 aliphatic heterocycles. The van der Waals surface area contributed by atoms with E-state index in [-0.39, 0.29) is 24.1 Å². The standard InChI is InChI=1S/C15H19FN2O3/c16-13-3-1-12(2-4-13)5-6-17-14(19)11-15(20)18-7-9-21-10-8-18/h1-4H,5-11H2,(H,17,19). The number of amides is 2. The summed E-state index contributed by atoms with van der Waals surface area (Å²) in [5.41, 5.74) is 0.941. The van der Waals surface area contributed by atoms with Gasteiger partial charge in [-0.1, -0.05) is 12.1 Å². The van der Waals surface area contributed by atoms with E-state index in [4.69, 9.17) is 4.74 Å². The Bertz CT molecular complexity index is 484. The Morgan fingerprint density at radius 1 is 1.19 bits per heavy atom. The van der Waals surface area contributed by atoms with E-state index < -0.39 is 0 Å². The van der Waals surface area contributed by atoms with Crippen molar-refractivity contribution in [3.05, 3.63) is 35.6 Å². The molecule has 114 valence electrons. The van der Waals surface area contributed by atoms with Crippen molar-refractivity contribution >= 4 is 11.8 Å². The van der Waals surface area contributed by atoms with E-state index in [0.717, 1.165) is 5.56 Å². The molecular formula is C15H19FN2O3. The predicted octanol–water partition coefficient (Wildman–Crippen LogP) is 0.733. The average molecular weight is 294 g/mol. The van der Waals surface area contributed by atoms with Crippen molar-refractivity contribution in [2.45, 2.75) is 12.8 Å². The number of halogens is 1. The zero-order valence-corrected chi connectivity index (χ0v) is 11.8. The lowest BCUT2D eigenvalue weighted by molar-refractivity contribution is -0.139. The summed E-state index contributed by atoms with van der Waals surface area (Å²) in [6.07, 6.45) is 0.473. The predicted molar refractivity (Wildman–Crippen MR) is 75.1 cm³/mol. The van der Waals surface area contributed by atoms with Crippen molar-refractivity contribution in [2.75, 3.05) is 32.8 Å². The van der Waals surface area contributed by atoms with Gasteiger partial charge in [-0.15, -0.1) is 0 Å². The van der Waals surface area contributed by atoms with Crippen molar-refractivity contribution in [1.29, 1.82) is 0 Å². The zero-order chi connectivity index (χ0) is 15.1. The van der Waals surface area contributed by atoms with Crippen LogP contribution in [0.15, 0.2) is 24.3 Å².